The number of hydrogen-bond acceptors (Lipinski definition) is 4. The van der Waals surface area contributed by atoms with E-state index in [1.807, 2.05) is 32.0 Å². The van der Waals surface area contributed by atoms with Crippen molar-refractivity contribution in [2.75, 3.05) is 19.0 Å². The number of nitrogens with zero attached hydrogens (tertiary/aromatic N) is 1. The minimum absolute atomic E-state index is 0.347. The zero-order chi connectivity index (χ0) is 21.0. The summed E-state index contributed by atoms with van der Waals surface area (Å²) in [6.07, 6.45) is 1.12. The van der Waals surface area contributed by atoms with Gasteiger partial charge >= 0.3 is 6.03 Å². The predicted molar refractivity (Wildman–Crippen MR) is 110 cm³/mol. The van der Waals surface area contributed by atoms with Gasteiger partial charge in [-0.3, -0.25) is 14.5 Å². The Morgan fingerprint density at radius 2 is 1.79 bits per heavy atom. The molecule has 7 heteroatoms. The monoisotopic (exact) mass is 395 g/mol. The maximum absolute atomic E-state index is 13.2. The number of para-hydroxylation sites is 1. The number of urea groups is 1. The predicted octanol–water partition coefficient (Wildman–Crippen LogP) is 3.05. The number of imide groups is 1. The molecule has 0 spiro atoms. The zero-order valence-corrected chi connectivity index (χ0v) is 16.8. The third-order valence-corrected chi connectivity index (χ3v) is 5.26. The molecule has 2 aromatic rings. The number of carbonyl (C=O) groups excluding carboxylic acids is 3. The van der Waals surface area contributed by atoms with E-state index < -0.39 is 23.4 Å². The Labute approximate surface area is 170 Å². The van der Waals surface area contributed by atoms with Crippen LogP contribution in [0.4, 0.5) is 10.5 Å². The first-order valence-electron chi connectivity index (χ1n) is 9.61. The molecule has 1 aliphatic heterocycles. The molecule has 1 fully saturated rings. The van der Waals surface area contributed by atoms with Crippen molar-refractivity contribution >= 4 is 23.5 Å². The summed E-state index contributed by atoms with van der Waals surface area (Å²) in [6, 6.07) is 13.9. The van der Waals surface area contributed by atoms with Gasteiger partial charge in [0.05, 0.1) is 7.11 Å². The first-order chi connectivity index (χ1) is 13.9. The van der Waals surface area contributed by atoms with E-state index >= 15 is 0 Å². The number of aryl methyl sites for hydroxylation is 1. The van der Waals surface area contributed by atoms with Crippen molar-refractivity contribution in [2.45, 2.75) is 32.2 Å². The van der Waals surface area contributed by atoms with Crippen LogP contribution in [-0.4, -0.2) is 36.4 Å². The average Bonchev–Trinajstić information content (AvgIpc) is 2.99. The van der Waals surface area contributed by atoms with Gasteiger partial charge < -0.3 is 15.4 Å². The second-order valence-corrected chi connectivity index (χ2v) is 6.87. The Hall–Kier alpha value is -3.35. The largest absolute Gasteiger partial charge is 0.497 e. The highest BCUT2D eigenvalue weighted by molar-refractivity contribution is 6.10. The van der Waals surface area contributed by atoms with E-state index in [1.54, 1.807) is 37.4 Å². The molecular formula is C22H25N3O4. The van der Waals surface area contributed by atoms with E-state index in [-0.39, 0.29) is 6.54 Å². The van der Waals surface area contributed by atoms with Crippen LogP contribution in [0.1, 0.15) is 31.4 Å². The molecule has 29 heavy (non-hydrogen) atoms. The lowest BCUT2D eigenvalue weighted by molar-refractivity contribution is -0.134. The van der Waals surface area contributed by atoms with Crippen molar-refractivity contribution in [1.82, 2.24) is 10.2 Å². The highest BCUT2D eigenvalue weighted by Crippen LogP contribution is 2.33. The fourth-order valence-electron chi connectivity index (χ4n) is 3.57. The van der Waals surface area contributed by atoms with Crippen molar-refractivity contribution in [3.63, 3.8) is 0 Å². The van der Waals surface area contributed by atoms with Crippen molar-refractivity contribution in [2.24, 2.45) is 0 Å². The summed E-state index contributed by atoms with van der Waals surface area (Å²) in [6.45, 7) is 3.47. The second kappa shape index (κ2) is 8.34. The lowest BCUT2D eigenvalue weighted by Gasteiger charge is -2.26. The summed E-state index contributed by atoms with van der Waals surface area (Å²) in [5, 5.41) is 5.58. The van der Waals surface area contributed by atoms with Crippen molar-refractivity contribution < 1.29 is 19.1 Å². The molecule has 0 radical (unpaired) electrons. The molecule has 0 aromatic heterocycles. The molecule has 1 atom stereocenters. The Bertz CT molecular complexity index is 926. The smallest absolute Gasteiger partial charge is 0.325 e. The van der Waals surface area contributed by atoms with E-state index in [0.717, 1.165) is 16.9 Å². The fraction of sp³-hybridized carbons (Fsp3) is 0.318. The van der Waals surface area contributed by atoms with Gasteiger partial charge in [0.1, 0.15) is 17.8 Å². The molecule has 2 N–H and O–H groups in total. The van der Waals surface area contributed by atoms with Gasteiger partial charge in [-0.1, -0.05) is 44.2 Å². The maximum atomic E-state index is 13.2. The van der Waals surface area contributed by atoms with E-state index in [2.05, 4.69) is 10.6 Å². The Morgan fingerprint density at radius 3 is 2.41 bits per heavy atom. The lowest BCUT2D eigenvalue weighted by Crippen LogP contribution is -2.44. The van der Waals surface area contributed by atoms with Crippen LogP contribution in [0.5, 0.6) is 5.75 Å². The van der Waals surface area contributed by atoms with Gasteiger partial charge in [0, 0.05) is 5.69 Å². The van der Waals surface area contributed by atoms with E-state index in [1.165, 1.54) is 0 Å². The molecule has 152 valence electrons. The van der Waals surface area contributed by atoms with E-state index in [9.17, 15) is 14.4 Å². The summed E-state index contributed by atoms with van der Waals surface area (Å²) in [5.74, 6) is -0.201. The molecule has 1 aliphatic rings. The van der Waals surface area contributed by atoms with E-state index in [0.29, 0.717) is 23.4 Å². The molecule has 0 unspecified atom stereocenters. The standard InChI is InChI=1S/C22H25N3O4/c1-4-15-8-6-7-9-18(15)23-19(26)14-25-20(27)22(5-2,24-21(25)28)16-10-12-17(29-3)13-11-16/h6-13H,4-5,14H2,1-3H3,(H,23,26)(H,24,28)/t22-/m0/s1. The summed E-state index contributed by atoms with van der Waals surface area (Å²) in [5.41, 5.74) is 1.13. The molecule has 2 aromatic carbocycles. The maximum Gasteiger partial charge on any atom is 0.325 e. The Balaban J connectivity index is 1.79. The van der Waals surface area contributed by atoms with Crippen LogP contribution in [0, 0.1) is 0 Å². The molecule has 3 rings (SSSR count). The number of methoxy groups -OCH3 is 1. The minimum atomic E-state index is -1.19. The van der Waals surface area contributed by atoms with Crippen LogP contribution in [0.25, 0.3) is 0 Å². The number of hydrogen-bond donors (Lipinski definition) is 2. The van der Waals surface area contributed by atoms with Crippen LogP contribution < -0.4 is 15.4 Å². The third kappa shape index (κ3) is 3.81. The molecule has 1 heterocycles. The van der Waals surface area contributed by atoms with Crippen LogP contribution in [-0.2, 0) is 21.5 Å². The van der Waals surface area contributed by atoms with Gasteiger partial charge in [-0.15, -0.1) is 0 Å². The van der Waals surface area contributed by atoms with Crippen LogP contribution in [0.2, 0.25) is 0 Å². The van der Waals surface area contributed by atoms with Gasteiger partial charge in [-0.2, -0.15) is 0 Å². The third-order valence-electron chi connectivity index (χ3n) is 5.26. The van der Waals surface area contributed by atoms with Gasteiger partial charge in [-0.05, 0) is 42.2 Å². The van der Waals surface area contributed by atoms with Gasteiger partial charge in [0.25, 0.3) is 5.91 Å². The first-order valence-corrected chi connectivity index (χ1v) is 9.61. The molecule has 0 saturated carbocycles. The minimum Gasteiger partial charge on any atom is -0.497 e. The van der Waals surface area contributed by atoms with Crippen molar-refractivity contribution in [3.05, 3.63) is 59.7 Å². The number of nitrogens with one attached hydrogen (secondary N) is 2. The van der Waals surface area contributed by atoms with Crippen molar-refractivity contribution in [3.8, 4) is 5.75 Å². The topological polar surface area (TPSA) is 87.7 Å². The second-order valence-electron chi connectivity index (χ2n) is 6.87. The zero-order valence-electron chi connectivity index (χ0n) is 16.8. The van der Waals surface area contributed by atoms with Gasteiger partial charge in [0.15, 0.2) is 0 Å². The number of amides is 4. The Kier molecular flexibility index (Phi) is 5.87. The normalized spacial score (nSPS) is 18.5. The first kappa shape index (κ1) is 20.4. The molecule has 1 saturated heterocycles. The number of anilines is 1. The fourth-order valence-corrected chi connectivity index (χ4v) is 3.57. The quantitative estimate of drug-likeness (QED) is 0.706. The molecule has 7 nitrogen and oxygen atoms in total. The van der Waals surface area contributed by atoms with Crippen LogP contribution in [0.3, 0.4) is 0 Å². The van der Waals surface area contributed by atoms with E-state index in [4.69, 9.17) is 4.74 Å². The van der Waals surface area contributed by atoms with Crippen LogP contribution >= 0.6 is 0 Å². The number of benzene rings is 2. The average molecular weight is 395 g/mol. The lowest BCUT2D eigenvalue weighted by atomic mass is 9.87. The summed E-state index contributed by atoms with van der Waals surface area (Å²) < 4.78 is 5.16. The number of carbonyl (C=O) groups is 3. The summed E-state index contributed by atoms with van der Waals surface area (Å²) in [7, 11) is 1.56. The molecule has 0 aliphatic carbocycles. The van der Waals surface area contributed by atoms with Gasteiger partial charge in [0.2, 0.25) is 5.91 Å². The van der Waals surface area contributed by atoms with Crippen LogP contribution in [0.15, 0.2) is 48.5 Å². The summed E-state index contributed by atoms with van der Waals surface area (Å²) in [4.78, 5) is 39.2. The molecule has 4 amide bonds. The number of ether oxygens (including phenoxy) is 1. The molecule has 0 bridgehead atoms. The highest BCUT2D eigenvalue weighted by Gasteiger charge is 2.51. The van der Waals surface area contributed by atoms with Crippen molar-refractivity contribution in [1.29, 1.82) is 0 Å². The highest BCUT2D eigenvalue weighted by atomic mass is 16.5. The Morgan fingerprint density at radius 1 is 1.10 bits per heavy atom. The summed E-state index contributed by atoms with van der Waals surface area (Å²) >= 11 is 0. The SMILES string of the molecule is CCc1ccccc1NC(=O)CN1C(=O)N[C@@](CC)(c2ccc(OC)cc2)C1=O. The van der Waals surface area contributed by atoms with Gasteiger partial charge in [-0.25, -0.2) is 4.79 Å². The number of rotatable bonds is 7. The molecular weight excluding hydrogens is 370 g/mol.